The lowest BCUT2D eigenvalue weighted by molar-refractivity contribution is -0.141. The molecule has 0 unspecified atom stereocenters. The van der Waals surface area contributed by atoms with Gasteiger partial charge in [-0.25, -0.2) is 4.39 Å². The smallest absolute Gasteiger partial charge is 0.233 e. The average Bonchev–Trinajstić information content (AvgIpc) is 2.40. The Morgan fingerprint density at radius 2 is 1.79 bits per heavy atom. The molecular formula is C15H19FN2O. The summed E-state index contributed by atoms with van der Waals surface area (Å²) in [6.45, 7) is 3.29. The number of amides is 1. The molecule has 1 aliphatic heterocycles. The summed E-state index contributed by atoms with van der Waals surface area (Å²) in [5, 5.41) is 3.26. The molecule has 0 bridgehead atoms. The third-order valence-electron chi connectivity index (χ3n) is 4.42. The van der Waals surface area contributed by atoms with Gasteiger partial charge in [0, 0.05) is 26.2 Å². The minimum absolute atomic E-state index is 0.229. The number of hydrogen-bond donors (Lipinski definition) is 1. The number of nitrogens with zero attached hydrogens (tertiary/aromatic N) is 1. The van der Waals surface area contributed by atoms with Gasteiger partial charge in [0.2, 0.25) is 5.91 Å². The summed E-state index contributed by atoms with van der Waals surface area (Å²) in [6.07, 6.45) is 2.86. The van der Waals surface area contributed by atoms with Crippen LogP contribution in [0.1, 0.15) is 24.8 Å². The molecule has 0 aromatic heterocycles. The van der Waals surface area contributed by atoms with E-state index < -0.39 is 0 Å². The normalized spacial score (nSPS) is 21.8. The summed E-state index contributed by atoms with van der Waals surface area (Å²) >= 11 is 0. The lowest BCUT2D eigenvalue weighted by Gasteiger charge is -2.45. The fourth-order valence-corrected chi connectivity index (χ4v) is 3.10. The lowest BCUT2D eigenvalue weighted by Crippen LogP contribution is -2.56. The van der Waals surface area contributed by atoms with Gasteiger partial charge in [-0.05, 0) is 30.5 Å². The maximum atomic E-state index is 13.0. The molecular weight excluding hydrogens is 243 g/mol. The van der Waals surface area contributed by atoms with Gasteiger partial charge >= 0.3 is 0 Å². The fraction of sp³-hybridized carbons (Fsp3) is 0.533. The zero-order valence-corrected chi connectivity index (χ0v) is 11.0. The van der Waals surface area contributed by atoms with Crippen molar-refractivity contribution in [2.45, 2.75) is 24.7 Å². The predicted molar refractivity (Wildman–Crippen MR) is 71.4 cm³/mol. The largest absolute Gasteiger partial charge is 0.339 e. The number of nitrogens with one attached hydrogen (secondary N) is 1. The Bertz CT molecular complexity index is 462. The molecule has 0 radical (unpaired) electrons. The van der Waals surface area contributed by atoms with E-state index in [1.54, 1.807) is 12.1 Å². The molecule has 1 amide bonds. The molecule has 1 aromatic rings. The molecule has 2 aliphatic rings. The van der Waals surface area contributed by atoms with Crippen LogP contribution >= 0.6 is 0 Å². The molecule has 1 saturated heterocycles. The second-order valence-corrected chi connectivity index (χ2v) is 5.48. The summed E-state index contributed by atoms with van der Waals surface area (Å²) in [6, 6.07) is 6.46. The maximum Gasteiger partial charge on any atom is 0.233 e. The first-order valence-electron chi connectivity index (χ1n) is 6.98. The number of rotatable bonds is 2. The Morgan fingerprint density at radius 3 is 2.32 bits per heavy atom. The zero-order valence-electron chi connectivity index (χ0n) is 11.0. The molecule has 1 heterocycles. The summed E-state index contributed by atoms with van der Waals surface area (Å²) in [5.74, 6) is -0.0142. The molecule has 3 nitrogen and oxygen atoms in total. The molecule has 1 aliphatic carbocycles. The monoisotopic (exact) mass is 262 g/mol. The third kappa shape index (κ3) is 2.14. The Hall–Kier alpha value is -1.42. The van der Waals surface area contributed by atoms with Crippen molar-refractivity contribution in [1.82, 2.24) is 10.2 Å². The van der Waals surface area contributed by atoms with Crippen molar-refractivity contribution < 1.29 is 9.18 Å². The van der Waals surface area contributed by atoms with Crippen molar-refractivity contribution in [1.29, 1.82) is 0 Å². The van der Waals surface area contributed by atoms with Gasteiger partial charge < -0.3 is 10.2 Å². The topological polar surface area (TPSA) is 32.3 Å². The highest BCUT2D eigenvalue weighted by molar-refractivity contribution is 5.89. The van der Waals surface area contributed by atoms with Crippen LogP contribution in [-0.2, 0) is 10.2 Å². The molecule has 19 heavy (non-hydrogen) atoms. The van der Waals surface area contributed by atoms with E-state index in [4.69, 9.17) is 0 Å². The first-order valence-corrected chi connectivity index (χ1v) is 6.98. The van der Waals surface area contributed by atoms with Crippen LogP contribution in [0.5, 0.6) is 0 Å². The van der Waals surface area contributed by atoms with Crippen LogP contribution < -0.4 is 5.32 Å². The first-order chi connectivity index (χ1) is 9.22. The van der Waals surface area contributed by atoms with Crippen LogP contribution in [0, 0.1) is 5.82 Å². The number of hydrogen-bond acceptors (Lipinski definition) is 2. The summed E-state index contributed by atoms with van der Waals surface area (Å²) in [5.41, 5.74) is 0.592. The fourth-order valence-electron chi connectivity index (χ4n) is 3.10. The summed E-state index contributed by atoms with van der Waals surface area (Å²) in [4.78, 5) is 14.7. The van der Waals surface area contributed by atoms with E-state index in [1.807, 2.05) is 4.90 Å². The molecule has 2 fully saturated rings. The molecule has 3 rings (SSSR count). The van der Waals surface area contributed by atoms with Crippen molar-refractivity contribution in [3.8, 4) is 0 Å². The van der Waals surface area contributed by atoms with Gasteiger partial charge in [0.15, 0.2) is 0 Å². The number of halogens is 1. The van der Waals surface area contributed by atoms with E-state index in [2.05, 4.69) is 5.32 Å². The molecule has 1 aromatic carbocycles. The highest BCUT2D eigenvalue weighted by Crippen LogP contribution is 2.45. The van der Waals surface area contributed by atoms with Crippen LogP contribution in [0.15, 0.2) is 24.3 Å². The highest BCUT2D eigenvalue weighted by Gasteiger charge is 2.47. The standard InChI is InChI=1S/C15H19FN2O/c16-13-4-2-12(3-5-13)15(6-1-7-15)14(19)18-10-8-17-9-11-18/h2-5,17H,1,6-11H2. The SMILES string of the molecule is O=C(N1CCNCC1)C1(c2ccc(F)cc2)CCC1. The Morgan fingerprint density at radius 1 is 1.16 bits per heavy atom. The van der Waals surface area contributed by atoms with Gasteiger partial charge in [0.25, 0.3) is 0 Å². The molecule has 1 N–H and O–H groups in total. The summed E-state index contributed by atoms with van der Waals surface area (Å²) in [7, 11) is 0. The highest BCUT2D eigenvalue weighted by atomic mass is 19.1. The van der Waals surface area contributed by atoms with Crippen molar-refractivity contribution in [2.24, 2.45) is 0 Å². The Labute approximate surface area is 112 Å². The minimum atomic E-state index is -0.384. The number of carbonyl (C=O) groups is 1. The van der Waals surface area contributed by atoms with E-state index in [9.17, 15) is 9.18 Å². The third-order valence-corrected chi connectivity index (χ3v) is 4.42. The van der Waals surface area contributed by atoms with Gasteiger partial charge in [0.1, 0.15) is 5.82 Å². The lowest BCUT2D eigenvalue weighted by atomic mass is 9.63. The molecule has 102 valence electrons. The van der Waals surface area contributed by atoms with Gasteiger partial charge in [-0.3, -0.25) is 4.79 Å². The van der Waals surface area contributed by atoms with Crippen LogP contribution in [0.4, 0.5) is 4.39 Å². The quantitative estimate of drug-likeness (QED) is 0.879. The second-order valence-electron chi connectivity index (χ2n) is 5.48. The van der Waals surface area contributed by atoms with Crippen LogP contribution in [0.2, 0.25) is 0 Å². The Kier molecular flexibility index (Phi) is 3.27. The number of carbonyl (C=O) groups excluding carboxylic acids is 1. The predicted octanol–water partition coefficient (Wildman–Crippen LogP) is 1.68. The van der Waals surface area contributed by atoms with Gasteiger partial charge in [-0.2, -0.15) is 0 Å². The van der Waals surface area contributed by atoms with Gasteiger partial charge in [-0.1, -0.05) is 18.6 Å². The van der Waals surface area contributed by atoms with Crippen LogP contribution in [0.3, 0.4) is 0 Å². The van der Waals surface area contributed by atoms with Crippen molar-refractivity contribution in [3.63, 3.8) is 0 Å². The molecule has 1 saturated carbocycles. The Balaban J connectivity index is 1.85. The number of piperazine rings is 1. The average molecular weight is 262 g/mol. The van der Waals surface area contributed by atoms with Crippen molar-refractivity contribution in [2.75, 3.05) is 26.2 Å². The molecule has 0 spiro atoms. The maximum absolute atomic E-state index is 13.0. The molecule has 0 atom stereocenters. The van der Waals surface area contributed by atoms with Crippen LogP contribution in [0.25, 0.3) is 0 Å². The van der Waals surface area contributed by atoms with E-state index >= 15 is 0 Å². The number of benzene rings is 1. The first kappa shape index (κ1) is 12.6. The van der Waals surface area contributed by atoms with E-state index in [1.165, 1.54) is 12.1 Å². The second kappa shape index (κ2) is 4.93. The van der Waals surface area contributed by atoms with E-state index in [0.717, 1.165) is 51.0 Å². The minimum Gasteiger partial charge on any atom is -0.339 e. The van der Waals surface area contributed by atoms with Crippen molar-refractivity contribution in [3.05, 3.63) is 35.6 Å². The van der Waals surface area contributed by atoms with E-state index in [-0.39, 0.29) is 17.1 Å². The summed E-state index contributed by atoms with van der Waals surface area (Å²) < 4.78 is 13.0. The zero-order chi connectivity index (χ0) is 13.3. The van der Waals surface area contributed by atoms with Crippen molar-refractivity contribution >= 4 is 5.91 Å². The van der Waals surface area contributed by atoms with Gasteiger partial charge in [0.05, 0.1) is 5.41 Å². The van der Waals surface area contributed by atoms with Gasteiger partial charge in [-0.15, -0.1) is 0 Å². The molecule has 4 heteroatoms. The van der Waals surface area contributed by atoms with E-state index in [0.29, 0.717) is 0 Å². The van der Waals surface area contributed by atoms with Crippen LogP contribution in [-0.4, -0.2) is 37.0 Å².